The quantitative estimate of drug-likeness (QED) is 0.180. The molecule has 6 heteroatoms. The molecule has 13 rings (SSSR count). The third-order valence-electron chi connectivity index (χ3n) is 12.0. The lowest BCUT2D eigenvalue weighted by atomic mass is 10.1. The summed E-state index contributed by atoms with van der Waals surface area (Å²) in [6.45, 7) is 0. The van der Waals surface area contributed by atoms with Crippen LogP contribution in [0.5, 0.6) is 0 Å². The molecule has 0 aliphatic heterocycles. The van der Waals surface area contributed by atoms with E-state index in [-0.39, 0.29) is 0 Å². The van der Waals surface area contributed by atoms with Crippen molar-refractivity contribution in [1.29, 1.82) is 0 Å². The fraction of sp³-hybridized carbons (Fsp3) is 0. The van der Waals surface area contributed by atoms with Crippen LogP contribution in [-0.2, 0) is 0 Å². The Morgan fingerprint density at radius 2 is 0.586 bits per heavy atom. The van der Waals surface area contributed by atoms with Gasteiger partial charge in [-0.15, -0.1) is 0 Å². The van der Waals surface area contributed by atoms with Crippen LogP contribution < -0.4 is 0 Å². The first-order chi connectivity index (χ1) is 28.8. The molecule has 7 aromatic carbocycles. The molecule has 58 heavy (non-hydrogen) atoms. The molecular formula is C52H32N6. The second-order valence-electron chi connectivity index (χ2n) is 15.1. The molecule has 0 amide bonds. The Morgan fingerprint density at radius 1 is 0.241 bits per heavy atom. The van der Waals surface area contributed by atoms with Gasteiger partial charge in [-0.3, -0.25) is 9.13 Å². The maximum Gasteiger partial charge on any atom is 0.145 e. The molecular weight excluding hydrogens is 709 g/mol. The third-order valence-corrected chi connectivity index (χ3v) is 12.0. The molecule has 6 nitrogen and oxygen atoms in total. The van der Waals surface area contributed by atoms with Crippen molar-refractivity contribution in [2.75, 3.05) is 0 Å². The van der Waals surface area contributed by atoms with Crippen molar-refractivity contribution in [3.05, 3.63) is 194 Å². The highest BCUT2D eigenvalue weighted by atomic mass is 15.1. The SMILES string of the molecule is c1cc(-n2c3ccccc3c3cc(-n4c5ccccc5c5cccnc54)ccc32)cc(-n2c3ccccc3c3cc(-n4c5ccccc5c5cccnc54)ccc32)c1. The Labute approximate surface area is 331 Å². The molecule has 270 valence electrons. The van der Waals surface area contributed by atoms with Gasteiger partial charge in [-0.05, 0) is 103 Å². The van der Waals surface area contributed by atoms with E-state index < -0.39 is 0 Å². The Hall–Kier alpha value is -7.96. The van der Waals surface area contributed by atoms with Crippen LogP contribution in [0.2, 0.25) is 0 Å². The lowest BCUT2D eigenvalue weighted by Gasteiger charge is -2.13. The van der Waals surface area contributed by atoms with Gasteiger partial charge < -0.3 is 9.13 Å². The number of hydrogen-bond acceptors (Lipinski definition) is 2. The van der Waals surface area contributed by atoms with E-state index in [4.69, 9.17) is 9.97 Å². The van der Waals surface area contributed by atoms with Crippen LogP contribution in [0.3, 0.4) is 0 Å². The van der Waals surface area contributed by atoms with Crippen LogP contribution >= 0.6 is 0 Å². The van der Waals surface area contributed by atoms with Gasteiger partial charge in [0.05, 0.1) is 33.1 Å². The average molecular weight is 741 g/mol. The molecule has 0 radical (unpaired) electrons. The Morgan fingerprint density at radius 3 is 1.03 bits per heavy atom. The first-order valence-electron chi connectivity index (χ1n) is 19.7. The van der Waals surface area contributed by atoms with Crippen molar-refractivity contribution in [3.63, 3.8) is 0 Å². The molecule has 0 atom stereocenters. The summed E-state index contributed by atoms with van der Waals surface area (Å²) in [5, 5.41) is 9.54. The van der Waals surface area contributed by atoms with Gasteiger partial charge in [0.15, 0.2) is 0 Å². The first kappa shape index (κ1) is 31.3. The second kappa shape index (κ2) is 11.8. The molecule has 0 aliphatic rings. The van der Waals surface area contributed by atoms with Gasteiger partial charge >= 0.3 is 0 Å². The summed E-state index contributed by atoms with van der Waals surface area (Å²) in [6, 6.07) is 65.6. The van der Waals surface area contributed by atoms with Crippen molar-refractivity contribution >= 4 is 87.5 Å². The highest BCUT2D eigenvalue weighted by Gasteiger charge is 2.20. The molecule has 0 unspecified atom stereocenters. The van der Waals surface area contributed by atoms with Crippen molar-refractivity contribution in [2.24, 2.45) is 0 Å². The standard InChI is InChI=1S/C52H32N6/c1-7-22-47-37(14-1)41-18-10-28-53-51(41)57(47)35-24-26-49-43(31-35)39-16-3-5-20-45(39)55(49)33-12-9-13-34(30-33)56-46-21-6-4-17-40(46)44-32-36(25-27-50(44)56)58-48-23-8-2-15-38(48)42-19-11-29-54-52(42)58/h1-32H. The highest BCUT2D eigenvalue weighted by Crippen LogP contribution is 2.39. The first-order valence-corrected chi connectivity index (χ1v) is 19.7. The van der Waals surface area contributed by atoms with Gasteiger partial charge in [-0.25, -0.2) is 9.97 Å². The molecule has 0 bridgehead atoms. The lowest BCUT2D eigenvalue weighted by molar-refractivity contribution is 1.12. The minimum Gasteiger partial charge on any atom is -0.309 e. The molecule has 0 N–H and O–H groups in total. The second-order valence-corrected chi connectivity index (χ2v) is 15.1. The van der Waals surface area contributed by atoms with Gasteiger partial charge in [0, 0.05) is 78.2 Å². The van der Waals surface area contributed by atoms with Crippen LogP contribution in [0.1, 0.15) is 0 Å². The molecule has 0 aliphatic carbocycles. The Balaban J connectivity index is 1.00. The fourth-order valence-corrected chi connectivity index (χ4v) is 9.64. The monoisotopic (exact) mass is 740 g/mol. The third kappa shape index (κ3) is 4.26. The smallest absolute Gasteiger partial charge is 0.145 e. The van der Waals surface area contributed by atoms with Crippen LogP contribution in [0.15, 0.2) is 194 Å². The molecule has 13 aromatic rings. The van der Waals surface area contributed by atoms with Crippen molar-refractivity contribution < 1.29 is 0 Å². The summed E-state index contributed by atoms with van der Waals surface area (Å²) < 4.78 is 9.40. The zero-order valence-corrected chi connectivity index (χ0v) is 31.2. The summed E-state index contributed by atoms with van der Waals surface area (Å²) in [7, 11) is 0. The summed E-state index contributed by atoms with van der Waals surface area (Å²) in [5.74, 6) is 0. The van der Waals surface area contributed by atoms with Gasteiger partial charge in [0.2, 0.25) is 0 Å². The van der Waals surface area contributed by atoms with Gasteiger partial charge in [0.25, 0.3) is 0 Å². The maximum absolute atomic E-state index is 4.86. The minimum atomic E-state index is 0.963. The van der Waals surface area contributed by atoms with Crippen molar-refractivity contribution in [2.45, 2.75) is 0 Å². The molecule has 0 spiro atoms. The zero-order chi connectivity index (χ0) is 37.9. The summed E-state index contributed by atoms with van der Waals surface area (Å²) in [6.07, 6.45) is 3.77. The van der Waals surface area contributed by atoms with Crippen molar-refractivity contribution in [1.82, 2.24) is 28.2 Å². The number of hydrogen-bond donors (Lipinski definition) is 0. The van der Waals surface area contributed by atoms with Gasteiger partial charge in [0.1, 0.15) is 11.3 Å². The summed E-state index contributed by atoms with van der Waals surface area (Å²) in [5.41, 5.74) is 13.3. The van der Waals surface area contributed by atoms with Crippen LogP contribution in [0.25, 0.3) is 110 Å². The largest absolute Gasteiger partial charge is 0.309 e. The molecule has 0 saturated carbocycles. The zero-order valence-electron chi connectivity index (χ0n) is 31.2. The van der Waals surface area contributed by atoms with Gasteiger partial charge in [-0.1, -0.05) is 78.9 Å². The minimum absolute atomic E-state index is 0.963. The topological polar surface area (TPSA) is 45.5 Å². The molecule has 0 fully saturated rings. The van der Waals surface area contributed by atoms with E-state index in [0.717, 1.165) is 66.9 Å². The summed E-state index contributed by atoms with van der Waals surface area (Å²) >= 11 is 0. The molecule has 6 aromatic heterocycles. The van der Waals surface area contributed by atoms with E-state index >= 15 is 0 Å². The average Bonchev–Trinajstić information content (AvgIpc) is 4.01. The van der Waals surface area contributed by atoms with Crippen LogP contribution in [0, 0.1) is 0 Å². The van der Waals surface area contributed by atoms with E-state index in [9.17, 15) is 0 Å². The normalized spacial score (nSPS) is 12.1. The number of para-hydroxylation sites is 4. The molecule has 0 saturated heterocycles. The van der Waals surface area contributed by atoms with E-state index in [1.807, 2.05) is 24.5 Å². The van der Waals surface area contributed by atoms with Crippen LogP contribution in [-0.4, -0.2) is 28.2 Å². The predicted molar refractivity (Wildman–Crippen MR) is 239 cm³/mol. The van der Waals surface area contributed by atoms with E-state index in [1.165, 1.54) is 43.4 Å². The van der Waals surface area contributed by atoms with E-state index in [0.29, 0.717) is 0 Å². The van der Waals surface area contributed by atoms with E-state index in [1.54, 1.807) is 0 Å². The Kier molecular flexibility index (Phi) is 6.35. The summed E-state index contributed by atoms with van der Waals surface area (Å²) in [4.78, 5) is 9.72. The Bertz CT molecular complexity index is 3470. The number of pyridine rings is 2. The fourth-order valence-electron chi connectivity index (χ4n) is 9.64. The number of fused-ring (bicyclic) bond motifs is 12. The van der Waals surface area contributed by atoms with Crippen molar-refractivity contribution in [3.8, 4) is 22.7 Å². The van der Waals surface area contributed by atoms with E-state index in [2.05, 4.69) is 188 Å². The van der Waals surface area contributed by atoms with Crippen LogP contribution in [0.4, 0.5) is 0 Å². The number of aromatic nitrogens is 6. The number of nitrogens with zero attached hydrogens (tertiary/aromatic N) is 6. The van der Waals surface area contributed by atoms with Gasteiger partial charge in [-0.2, -0.15) is 0 Å². The number of rotatable bonds is 4. The lowest BCUT2D eigenvalue weighted by Crippen LogP contribution is -1.99. The maximum atomic E-state index is 4.86. The highest BCUT2D eigenvalue weighted by molar-refractivity contribution is 6.13. The molecule has 6 heterocycles. The number of benzene rings is 7. The predicted octanol–water partition coefficient (Wildman–Crippen LogP) is 12.9.